The van der Waals surface area contributed by atoms with Crippen LogP contribution < -0.4 is 5.73 Å². The third-order valence-corrected chi connectivity index (χ3v) is 3.14. The molecule has 0 aromatic heterocycles. The van der Waals surface area contributed by atoms with Crippen LogP contribution in [0.3, 0.4) is 0 Å². The molecule has 0 aromatic carbocycles. The van der Waals surface area contributed by atoms with Crippen LogP contribution in [0.2, 0.25) is 0 Å². The molecule has 0 unspecified atom stereocenters. The Bertz CT molecular complexity index is 171. The van der Waals surface area contributed by atoms with Crippen LogP contribution in [0.5, 0.6) is 0 Å². The van der Waals surface area contributed by atoms with Crippen molar-refractivity contribution in [3.8, 4) is 0 Å². The van der Waals surface area contributed by atoms with Gasteiger partial charge in [-0.3, -0.25) is 0 Å². The Morgan fingerprint density at radius 1 is 1.17 bits per heavy atom. The van der Waals surface area contributed by atoms with E-state index in [1.807, 2.05) is 0 Å². The number of hydrogen-bond donors (Lipinski definition) is 1. The Balaban J connectivity index is 2.14. The summed E-state index contributed by atoms with van der Waals surface area (Å²) in [5.74, 6) is 0. The number of halogens is 2. The van der Waals surface area contributed by atoms with Crippen molar-refractivity contribution in [1.29, 1.82) is 0 Å². The molecule has 1 saturated carbocycles. The predicted molar refractivity (Wildman–Crippen MR) is 40.1 cm³/mol. The molecule has 0 radical (unpaired) electrons. The van der Waals surface area contributed by atoms with Gasteiger partial charge in [0.1, 0.15) is 5.60 Å². The van der Waals surface area contributed by atoms with Gasteiger partial charge < -0.3 is 10.5 Å². The second kappa shape index (κ2) is 2.39. The number of nitrogens with two attached hydrogens (primary N) is 1. The molecule has 12 heavy (non-hydrogen) atoms. The maximum Gasteiger partial charge on any atom is 0.267 e. The van der Waals surface area contributed by atoms with E-state index in [2.05, 4.69) is 0 Å². The lowest BCUT2D eigenvalue weighted by Crippen LogP contribution is -2.62. The zero-order chi connectivity index (χ0) is 8.82. The Kier molecular flexibility index (Phi) is 1.67. The van der Waals surface area contributed by atoms with E-state index in [1.54, 1.807) is 0 Å². The summed E-state index contributed by atoms with van der Waals surface area (Å²) in [6, 6.07) is 0. The van der Waals surface area contributed by atoms with Gasteiger partial charge in [0.05, 0.1) is 6.61 Å². The summed E-state index contributed by atoms with van der Waals surface area (Å²) in [6.07, 6.45) is -0.167. The summed E-state index contributed by atoms with van der Waals surface area (Å²) >= 11 is 0. The number of rotatable bonds is 1. The Morgan fingerprint density at radius 2 is 1.75 bits per heavy atom. The SMILES string of the molecule is NC12CCC(C(F)F)(CC1)OC2. The summed E-state index contributed by atoms with van der Waals surface area (Å²) < 4.78 is 30.3. The lowest BCUT2D eigenvalue weighted by Gasteiger charge is -2.50. The molecule has 3 rings (SSSR count). The molecular weight excluding hydrogens is 164 g/mol. The first-order chi connectivity index (χ1) is 5.56. The lowest BCUT2D eigenvalue weighted by molar-refractivity contribution is -0.213. The fourth-order valence-corrected chi connectivity index (χ4v) is 2.03. The molecule has 2 aliphatic heterocycles. The third-order valence-electron chi connectivity index (χ3n) is 3.14. The molecule has 70 valence electrons. The molecule has 3 aliphatic rings. The topological polar surface area (TPSA) is 35.2 Å². The van der Waals surface area contributed by atoms with Crippen LogP contribution in [0, 0.1) is 0 Å². The van der Waals surface area contributed by atoms with E-state index < -0.39 is 12.0 Å². The van der Waals surface area contributed by atoms with Gasteiger partial charge >= 0.3 is 0 Å². The minimum atomic E-state index is -2.36. The molecule has 2 N–H and O–H groups in total. The third kappa shape index (κ3) is 1.05. The quantitative estimate of drug-likeness (QED) is 0.655. The second-order valence-electron chi connectivity index (χ2n) is 4.02. The van der Waals surface area contributed by atoms with Crippen molar-refractivity contribution >= 4 is 0 Å². The van der Waals surface area contributed by atoms with Gasteiger partial charge in [0.2, 0.25) is 0 Å². The highest BCUT2D eigenvalue weighted by atomic mass is 19.3. The van der Waals surface area contributed by atoms with Crippen molar-refractivity contribution in [2.45, 2.75) is 43.2 Å². The molecule has 1 aliphatic carbocycles. The van der Waals surface area contributed by atoms with Crippen molar-refractivity contribution in [2.75, 3.05) is 6.61 Å². The van der Waals surface area contributed by atoms with E-state index >= 15 is 0 Å². The molecule has 0 aromatic rings. The number of fused-ring (bicyclic) bond motifs is 3. The first-order valence-corrected chi connectivity index (χ1v) is 4.27. The van der Waals surface area contributed by atoms with Crippen molar-refractivity contribution in [3.63, 3.8) is 0 Å². The van der Waals surface area contributed by atoms with E-state index in [0.717, 1.165) is 0 Å². The van der Waals surface area contributed by atoms with Crippen LogP contribution in [-0.2, 0) is 4.74 Å². The summed E-state index contributed by atoms with van der Waals surface area (Å²) in [4.78, 5) is 0. The minimum absolute atomic E-state index is 0.303. The first-order valence-electron chi connectivity index (χ1n) is 4.27. The van der Waals surface area contributed by atoms with Gasteiger partial charge in [0, 0.05) is 5.54 Å². The largest absolute Gasteiger partial charge is 0.367 e. The fraction of sp³-hybridized carbons (Fsp3) is 1.00. The average Bonchev–Trinajstić information content (AvgIpc) is 2.06. The van der Waals surface area contributed by atoms with Crippen molar-refractivity contribution in [1.82, 2.24) is 0 Å². The Labute approximate surface area is 70.1 Å². The Morgan fingerprint density at radius 3 is 2.08 bits per heavy atom. The van der Waals surface area contributed by atoms with E-state index in [-0.39, 0.29) is 5.54 Å². The fourth-order valence-electron chi connectivity index (χ4n) is 2.03. The normalized spacial score (nSPS) is 47.0. The minimum Gasteiger partial charge on any atom is -0.367 e. The molecule has 2 nitrogen and oxygen atoms in total. The summed E-state index contributed by atoms with van der Waals surface area (Å²) in [5, 5.41) is 0. The lowest BCUT2D eigenvalue weighted by atomic mass is 9.72. The summed E-state index contributed by atoms with van der Waals surface area (Å²) in [6.45, 7) is 0.303. The average molecular weight is 177 g/mol. The molecule has 0 spiro atoms. The van der Waals surface area contributed by atoms with Gasteiger partial charge in [-0.1, -0.05) is 0 Å². The van der Waals surface area contributed by atoms with Gasteiger partial charge in [-0.2, -0.15) is 0 Å². The van der Waals surface area contributed by atoms with Gasteiger partial charge in [-0.25, -0.2) is 8.78 Å². The standard InChI is InChI=1S/C8H13F2NO/c9-6(10)8-3-1-7(11,2-4-8)5-12-8/h6H,1-5,11H2. The molecule has 2 saturated heterocycles. The maximum absolute atomic E-state index is 12.6. The molecule has 0 atom stereocenters. The Hall–Kier alpha value is -0.220. The molecule has 0 amide bonds. The van der Waals surface area contributed by atoms with Gasteiger partial charge in [-0.15, -0.1) is 0 Å². The maximum atomic E-state index is 12.6. The van der Waals surface area contributed by atoms with Crippen molar-refractivity contribution in [2.24, 2.45) is 5.73 Å². The number of alkyl halides is 2. The highest BCUT2D eigenvalue weighted by Gasteiger charge is 2.52. The van der Waals surface area contributed by atoms with Crippen LogP contribution >= 0.6 is 0 Å². The molecular formula is C8H13F2NO. The van der Waals surface area contributed by atoms with E-state index in [1.165, 1.54) is 0 Å². The highest BCUT2D eigenvalue weighted by Crippen LogP contribution is 2.45. The second-order valence-corrected chi connectivity index (χ2v) is 4.02. The summed E-state index contributed by atoms with van der Waals surface area (Å²) in [7, 11) is 0. The van der Waals surface area contributed by atoms with Crippen LogP contribution in [0.1, 0.15) is 25.7 Å². The van der Waals surface area contributed by atoms with Crippen molar-refractivity contribution < 1.29 is 13.5 Å². The van der Waals surface area contributed by atoms with Gasteiger partial charge in [-0.05, 0) is 25.7 Å². The number of ether oxygens (including phenoxy) is 1. The smallest absolute Gasteiger partial charge is 0.267 e. The molecule has 2 bridgehead atoms. The first kappa shape index (κ1) is 8.38. The van der Waals surface area contributed by atoms with Crippen molar-refractivity contribution in [3.05, 3.63) is 0 Å². The molecule has 2 heterocycles. The zero-order valence-corrected chi connectivity index (χ0v) is 6.85. The van der Waals surface area contributed by atoms with Crippen LogP contribution in [0.25, 0.3) is 0 Å². The van der Waals surface area contributed by atoms with E-state index in [9.17, 15) is 8.78 Å². The van der Waals surface area contributed by atoms with Gasteiger partial charge in [0.25, 0.3) is 6.43 Å². The molecule has 3 fully saturated rings. The van der Waals surface area contributed by atoms with Crippen LogP contribution in [0.4, 0.5) is 8.78 Å². The summed E-state index contributed by atoms with van der Waals surface area (Å²) in [5.41, 5.74) is 4.42. The monoisotopic (exact) mass is 177 g/mol. The van der Waals surface area contributed by atoms with Gasteiger partial charge in [0.15, 0.2) is 0 Å². The van der Waals surface area contributed by atoms with E-state index in [4.69, 9.17) is 10.5 Å². The number of hydrogen-bond acceptors (Lipinski definition) is 2. The highest BCUT2D eigenvalue weighted by molar-refractivity contribution is 5.03. The van der Waals surface area contributed by atoms with Crippen LogP contribution in [-0.4, -0.2) is 24.2 Å². The van der Waals surface area contributed by atoms with Crippen LogP contribution in [0.15, 0.2) is 0 Å². The zero-order valence-electron chi connectivity index (χ0n) is 6.85. The molecule has 4 heteroatoms. The predicted octanol–water partition coefficient (Wildman–Crippen LogP) is 1.29. The van der Waals surface area contributed by atoms with E-state index in [0.29, 0.717) is 32.3 Å².